The Kier molecular flexibility index (Phi) is 6.51. The van der Waals surface area contributed by atoms with Gasteiger partial charge < -0.3 is 20.5 Å². The number of benzene rings is 1. The van der Waals surface area contributed by atoms with Crippen LogP contribution in [0.5, 0.6) is 0 Å². The summed E-state index contributed by atoms with van der Waals surface area (Å²) in [6.07, 6.45) is -0.479. The number of nitrogens with zero attached hydrogens (tertiary/aromatic N) is 1. The third-order valence-corrected chi connectivity index (χ3v) is 4.00. The second-order valence-corrected chi connectivity index (χ2v) is 7.58. The number of aromatic nitrogens is 1. The van der Waals surface area contributed by atoms with Crippen molar-refractivity contribution in [3.05, 3.63) is 47.0 Å². The second-order valence-electron chi connectivity index (χ2n) is 6.72. The molecule has 9 heteroatoms. The van der Waals surface area contributed by atoms with Gasteiger partial charge in [-0.1, -0.05) is 30.3 Å². The summed E-state index contributed by atoms with van der Waals surface area (Å²) in [5.41, 5.74) is -0.0158. The van der Waals surface area contributed by atoms with Crippen LogP contribution in [-0.4, -0.2) is 39.7 Å². The normalized spacial score (nSPS) is 12.1. The van der Waals surface area contributed by atoms with Gasteiger partial charge in [-0.25, -0.2) is 14.6 Å². The summed E-state index contributed by atoms with van der Waals surface area (Å²) in [5.74, 6) is -1.70. The molecule has 0 bridgehead atoms. The third-order valence-electron chi connectivity index (χ3n) is 3.24. The number of alkyl carbamates (subject to hydrolysis) is 1. The Balaban J connectivity index is 2.12. The number of ether oxygens (including phenoxy) is 1. The monoisotopic (exact) mass is 391 g/mol. The van der Waals surface area contributed by atoms with Gasteiger partial charge >= 0.3 is 12.1 Å². The van der Waals surface area contributed by atoms with Crippen LogP contribution in [0.1, 0.15) is 36.8 Å². The Morgan fingerprint density at radius 2 is 1.89 bits per heavy atom. The van der Waals surface area contributed by atoms with E-state index in [0.717, 1.165) is 16.9 Å². The summed E-state index contributed by atoms with van der Waals surface area (Å²) in [7, 11) is 0. The largest absolute Gasteiger partial charge is 0.476 e. The predicted octanol–water partition coefficient (Wildman–Crippen LogP) is 2.92. The number of amides is 2. The number of thiazole rings is 1. The summed E-state index contributed by atoms with van der Waals surface area (Å²) in [6.45, 7) is 5.17. The molecule has 27 heavy (non-hydrogen) atoms. The van der Waals surface area contributed by atoms with E-state index in [2.05, 4.69) is 15.6 Å². The molecule has 1 atom stereocenters. The van der Waals surface area contributed by atoms with Gasteiger partial charge in [-0.15, -0.1) is 11.3 Å². The van der Waals surface area contributed by atoms with E-state index >= 15 is 0 Å². The maximum atomic E-state index is 12.6. The topological polar surface area (TPSA) is 118 Å². The van der Waals surface area contributed by atoms with Crippen molar-refractivity contribution >= 4 is 34.4 Å². The van der Waals surface area contributed by atoms with Crippen molar-refractivity contribution in [3.8, 4) is 0 Å². The fourth-order valence-corrected chi connectivity index (χ4v) is 2.82. The number of carboxylic acid groups (broad SMARTS) is 1. The fraction of sp³-hybridized carbons (Fsp3) is 0.333. The van der Waals surface area contributed by atoms with Gasteiger partial charge in [0.05, 0.1) is 0 Å². The van der Waals surface area contributed by atoms with Crippen LogP contribution in [0.15, 0.2) is 35.7 Å². The van der Waals surface area contributed by atoms with Gasteiger partial charge in [0.1, 0.15) is 11.6 Å². The van der Waals surface area contributed by atoms with Gasteiger partial charge in [0.2, 0.25) is 5.91 Å². The first-order valence-electron chi connectivity index (χ1n) is 8.17. The highest BCUT2D eigenvalue weighted by atomic mass is 32.1. The van der Waals surface area contributed by atoms with E-state index in [1.165, 1.54) is 5.38 Å². The molecule has 1 aromatic heterocycles. The lowest BCUT2D eigenvalue weighted by Crippen LogP contribution is -2.47. The number of hydrogen-bond donors (Lipinski definition) is 3. The standard InChI is InChI=1S/C18H21N3O5S/c1-18(2,3)26-17(25)20-12(9-11-7-5-4-6-8-11)14(22)21-16-19-13(10-27-16)15(23)24/h4-8,10,12H,9H2,1-3H3,(H,20,25)(H,23,24)(H,19,21,22). The first-order chi connectivity index (χ1) is 12.6. The van der Waals surface area contributed by atoms with E-state index < -0.39 is 29.6 Å². The van der Waals surface area contributed by atoms with Crippen LogP contribution in [0.3, 0.4) is 0 Å². The molecule has 0 fully saturated rings. The first kappa shape index (κ1) is 20.4. The number of hydrogen-bond acceptors (Lipinski definition) is 6. The van der Waals surface area contributed by atoms with Gasteiger partial charge in [0, 0.05) is 11.8 Å². The molecule has 1 aromatic carbocycles. The summed E-state index contributed by atoms with van der Waals surface area (Å²) in [5, 5.41) is 15.5. The van der Waals surface area contributed by atoms with E-state index in [0.29, 0.717) is 0 Å². The molecule has 2 amide bonds. The molecule has 0 saturated carbocycles. The van der Waals surface area contributed by atoms with Crippen molar-refractivity contribution in [3.63, 3.8) is 0 Å². The van der Waals surface area contributed by atoms with Crippen molar-refractivity contribution in [2.24, 2.45) is 0 Å². The number of aromatic carboxylic acids is 1. The minimum atomic E-state index is -1.18. The van der Waals surface area contributed by atoms with Crippen LogP contribution in [0, 0.1) is 0 Å². The zero-order valence-electron chi connectivity index (χ0n) is 15.2. The molecule has 2 aromatic rings. The lowest BCUT2D eigenvalue weighted by Gasteiger charge is -2.23. The minimum absolute atomic E-state index is 0.140. The number of anilines is 1. The van der Waals surface area contributed by atoms with E-state index in [9.17, 15) is 14.4 Å². The summed E-state index contributed by atoms with van der Waals surface area (Å²) >= 11 is 0.991. The maximum Gasteiger partial charge on any atom is 0.408 e. The van der Waals surface area contributed by atoms with Crippen LogP contribution in [0.2, 0.25) is 0 Å². The zero-order valence-corrected chi connectivity index (χ0v) is 16.0. The van der Waals surface area contributed by atoms with Crippen LogP contribution < -0.4 is 10.6 Å². The van der Waals surface area contributed by atoms with Gasteiger partial charge in [0.25, 0.3) is 0 Å². The summed E-state index contributed by atoms with van der Waals surface area (Å²) in [6, 6.07) is 8.27. The molecule has 2 rings (SSSR count). The number of carbonyl (C=O) groups excluding carboxylic acids is 2. The Morgan fingerprint density at radius 3 is 2.44 bits per heavy atom. The molecule has 0 spiro atoms. The lowest BCUT2D eigenvalue weighted by atomic mass is 10.1. The highest BCUT2D eigenvalue weighted by Gasteiger charge is 2.25. The molecule has 0 aliphatic heterocycles. The Morgan fingerprint density at radius 1 is 1.22 bits per heavy atom. The van der Waals surface area contributed by atoms with Crippen LogP contribution >= 0.6 is 11.3 Å². The molecule has 8 nitrogen and oxygen atoms in total. The molecule has 0 saturated heterocycles. The molecule has 0 radical (unpaired) electrons. The Hall–Kier alpha value is -2.94. The smallest absolute Gasteiger partial charge is 0.408 e. The zero-order chi connectivity index (χ0) is 20.0. The van der Waals surface area contributed by atoms with E-state index in [1.54, 1.807) is 20.8 Å². The van der Waals surface area contributed by atoms with Crippen molar-refractivity contribution in [1.82, 2.24) is 10.3 Å². The van der Waals surface area contributed by atoms with Gasteiger partial charge in [-0.3, -0.25) is 4.79 Å². The number of carboxylic acids is 1. The minimum Gasteiger partial charge on any atom is -0.476 e. The quantitative estimate of drug-likeness (QED) is 0.697. The van der Waals surface area contributed by atoms with Crippen LogP contribution in [-0.2, 0) is 16.0 Å². The van der Waals surface area contributed by atoms with Crippen molar-refractivity contribution in [2.75, 3.05) is 5.32 Å². The lowest BCUT2D eigenvalue weighted by molar-refractivity contribution is -0.118. The molecule has 1 unspecified atom stereocenters. The fourth-order valence-electron chi connectivity index (χ4n) is 2.13. The summed E-state index contributed by atoms with van der Waals surface area (Å²) < 4.78 is 5.22. The molecule has 3 N–H and O–H groups in total. The number of rotatable bonds is 6. The number of carbonyl (C=O) groups is 3. The van der Waals surface area contributed by atoms with E-state index in [1.807, 2.05) is 30.3 Å². The molecular weight excluding hydrogens is 370 g/mol. The van der Waals surface area contributed by atoms with Crippen molar-refractivity contribution in [1.29, 1.82) is 0 Å². The van der Waals surface area contributed by atoms with Crippen molar-refractivity contribution in [2.45, 2.75) is 38.8 Å². The highest BCUT2D eigenvalue weighted by Crippen LogP contribution is 2.16. The molecule has 0 aliphatic carbocycles. The van der Waals surface area contributed by atoms with E-state index in [-0.39, 0.29) is 17.2 Å². The van der Waals surface area contributed by atoms with Gasteiger partial charge in [-0.05, 0) is 26.3 Å². The highest BCUT2D eigenvalue weighted by molar-refractivity contribution is 7.14. The first-order valence-corrected chi connectivity index (χ1v) is 9.05. The predicted molar refractivity (Wildman–Crippen MR) is 101 cm³/mol. The van der Waals surface area contributed by atoms with Gasteiger partial charge in [-0.2, -0.15) is 0 Å². The molecule has 0 aliphatic rings. The average molecular weight is 391 g/mol. The molecular formula is C18H21N3O5S. The average Bonchev–Trinajstić information content (AvgIpc) is 3.02. The van der Waals surface area contributed by atoms with Crippen LogP contribution in [0.25, 0.3) is 0 Å². The second kappa shape index (κ2) is 8.63. The molecule has 144 valence electrons. The van der Waals surface area contributed by atoms with Gasteiger partial charge in [0.15, 0.2) is 10.8 Å². The Bertz CT molecular complexity index is 814. The SMILES string of the molecule is CC(C)(C)OC(=O)NC(Cc1ccccc1)C(=O)Nc1nc(C(=O)O)cs1. The number of nitrogens with one attached hydrogen (secondary N) is 2. The maximum absolute atomic E-state index is 12.6. The van der Waals surface area contributed by atoms with Crippen LogP contribution in [0.4, 0.5) is 9.93 Å². The summed E-state index contributed by atoms with van der Waals surface area (Å²) in [4.78, 5) is 39.5. The van der Waals surface area contributed by atoms with Crippen molar-refractivity contribution < 1.29 is 24.2 Å². The Labute approximate surface area is 160 Å². The molecule has 1 heterocycles. The third kappa shape index (κ3) is 6.70. The van der Waals surface area contributed by atoms with E-state index in [4.69, 9.17) is 9.84 Å².